The molecule has 0 aromatic carbocycles. The van der Waals surface area contributed by atoms with E-state index in [0.29, 0.717) is 13.1 Å². The van der Waals surface area contributed by atoms with E-state index in [2.05, 4.69) is 0 Å². The fraction of sp³-hybridized carbons (Fsp3) is 1.00. The zero-order valence-electron chi connectivity index (χ0n) is 6.32. The molecule has 0 heterocycles. The van der Waals surface area contributed by atoms with Crippen LogP contribution in [-0.4, -0.2) is 23.7 Å². The van der Waals surface area contributed by atoms with Crippen LogP contribution in [-0.2, 0) is 0 Å². The molecule has 1 unspecified atom stereocenters. The second kappa shape index (κ2) is 4.48. The molecule has 0 fully saturated rings. The van der Waals surface area contributed by atoms with Crippen molar-refractivity contribution in [2.75, 3.05) is 13.1 Å². The Hall–Kier alpha value is 0.470. The SMILES string of the molecule is CCN(CC)P(Cl)C(F)(F)F. The van der Waals surface area contributed by atoms with Gasteiger partial charge in [0.25, 0.3) is 0 Å². The van der Waals surface area contributed by atoms with E-state index in [-0.39, 0.29) is 0 Å². The number of halogens is 4. The number of alkyl halides is 3. The molecular weight excluding hydrogens is 197 g/mol. The van der Waals surface area contributed by atoms with Crippen LogP contribution < -0.4 is 0 Å². The Bertz CT molecular complexity index is 115. The average molecular weight is 208 g/mol. The molecular formula is C5H10ClF3NP. The van der Waals surface area contributed by atoms with Crippen molar-refractivity contribution in [1.29, 1.82) is 0 Å². The van der Waals surface area contributed by atoms with Crippen molar-refractivity contribution in [3.8, 4) is 0 Å². The third kappa shape index (κ3) is 3.59. The maximum atomic E-state index is 11.9. The highest BCUT2D eigenvalue weighted by Gasteiger charge is 2.41. The molecule has 1 atom stereocenters. The maximum Gasteiger partial charge on any atom is 0.433 e. The van der Waals surface area contributed by atoms with Crippen molar-refractivity contribution in [3.05, 3.63) is 0 Å². The molecule has 0 spiro atoms. The molecule has 0 saturated carbocycles. The van der Waals surface area contributed by atoms with Gasteiger partial charge in [0.2, 0.25) is 0 Å². The maximum absolute atomic E-state index is 11.9. The molecule has 0 aliphatic rings. The minimum atomic E-state index is -4.26. The first kappa shape index (κ1) is 11.5. The van der Waals surface area contributed by atoms with Gasteiger partial charge in [-0.05, 0) is 0 Å². The Morgan fingerprint density at radius 2 is 1.64 bits per heavy atom. The molecule has 6 heteroatoms. The van der Waals surface area contributed by atoms with Gasteiger partial charge in [0, 0.05) is 13.1 Å². The minimum Gasteiger partial charge on any atom is -0.263 e. The van der Waals surface area contributed by atoms with Gasteiger partial charge in [-0.3, -0.25) is 4.67 Å². The van der Waals surface area contributed by atoms with Gasteiger partial charge >= 0.3 is 5.92 Å². The lowest BCUT2D eigenvalue weighted by Gasteiger charge is -2.24. The molecule has 0 aromatic rings. The smallest absolute Gasteiger partial charge is 0.263 e. The molecule has 0 bridgehead atoms. The van der Waals surface area contributed by atoms with Crippen LogP contribution in [0.25, 0.3) is 0 Å². The first-order valence-corrected chi connectivity index (χ1v) is 5.41. The van der Waals surface area contributed by atoms with Crippen LogP contribution in [0.5, 0.6) is 0 Å². The summed E-state index contributed by atoms with van der Waals surface area (Å²) in [6.07, 6.45) is 0. The zero-order valence-corrected chi connectivity index (χ0v) is 7.97. The zero-order chi connectivity index (χ0) is 9.07. The third-order valence-corrected chi connectivity index (χ3v) is 3.88. The van der Waals surface area contributed by atoms with Crippen LogP contribution in [0.4, 0.5) is 13.2 Å². The molecule has 68 valence electrons. The quantitative estimate of drug-likeness (QED) is 0.641. The van der Waals surface area contributed by atoms with Gasteiger partial charge in [0.15, 0.2) is 7.43 Å². The molecule has 0 amide bonds. The summed E-state index contributed by atoms with van der Waals surface area (Å²) in [6, 6.07) is 0. The Morgan fingerprint density at radius 3 is 1.73 bits per heavy atom. The summed E-state index contributed by atoms with van der Waals surface area (Å²) in [5.41, 5.74) is 0. The minimum absolute atomic E-state index is 0.339. The van der Waals surface area contributed by atoms with E-state index < -0.39 is 13.3 Å². The summed E-state index contributed by atoms with van der Waals surface area (Å²) in [5, 5.41) is 0. The summed E-state index contributed by atoms with van der Waals surface area (Å²) in [4.78, 5) is 0. The fourth-order valence-electron chi connectivity index (χ4n) is 0.632. The first-order valence-electron chi connectivity index (χ1n) is 3.21. The highest BCUT2D eigenvalue weighted by atomic mass is 35.7. The van der Waals surface area contributed by atoms with Gasteiger partial charge in [0.1, 0.15) is 0 Å². The van der Waals surface area contributed by atoms with Crippen LogP contribution >= 0.6 is 18.7 Å². The highest BCUT2D eigenvalue weighted by molar-refractivity contribution is 7.82. The molecule has 0 radical (unpaired) electrons. The van der Waals surface area contributed by atoms with Crippen molar-refractivity contribution in [2.24, 2.45) is 0 Å². The summed E-state index contributed by atoms with van der Waals surface area (Å²) in [7, 11) is -2.48. The summed E-state index contributed by atoms with van der Waals surface area (Å²) in [5.74, 6) is -4.26. The molecule has 11 heavy (non-hydrogen) atoms. The van der Waals surface area contributed by atoms with Crippen LogP contribution in [0.2, 0.25) is 0 Å². The van der Waals surface area contributed by atoms with Gasteiger partial charge < -0.3 is 0 Å². The van der Waals surface area contributed by atoms with Crippen LogP contribution in [0.15, 0.2) is 0 Å². The van der Waals surface area contributed by atoms with Crippen molar-refractivity contribution < 1.29 is 13.2 Å². The molecule has 0 N–H and O–H groups in total. The number of nitrogens with zero attached hydrogens (tertiary/aromatic N) is 1. The standard InChI is InChI=1S/C5H10ClF3NP/c1-3-10(4-2)11(6)5(7,8)9/h3-4H2,1-2H3. The fourth-order valence-corrected chi connectivity index (χ4v) is 2.09. The van der Waals surface area contributed by atoms with Gasteiger partial charge in [0.05, 0.1) is 0 Å². The monoisotopic (exact) mass is 207 g/mol. The Kier molecular flexibility index (Phi) is 4.68. The van der Waals surface area contributed by atoms with Crippen molar-refractivity contribution in [3.63, 3.8) is 0 Å². The first-order chi connectivity index (χ1) is 4.93. The lowest BCUT2D eigenvalue weighted by atomic mass is 10.7. The number of hydrogen-bond acceptors (Lipinski definition) is 1. The lowest BCUT2D eigenvalue weighted by Crippen LogP contribution is -2.21. The van der Waals surface area contributed by atoms with E-state index >= 15 is 0 Å². The van der Waals surface area contributed by atoms with E-state index in [4.69, 9.17) is 11.2 Å². The summed E-state index contributed by atoms with van der Waals surface area (Å²) in [6.45, 7) is 4.00. The van der Waals surface area contributed by atoms with Crippen molar-refractivity contribution >= 4 is 18.7 Å². The topological polar surface area (TPSA) is 3.24 Å². The highest BCUT2D eigenvalue weighted by Crippen LogP contribution is 2.59. The van der Waals surface area contributed by atoms with E-state index in [1.165, 1.54) is 4.67 Å². The number of hydrogen-bond donors (Lipinski definition) is 0. The molecule has 0 aromatic heterocycles. The normalized spacial score (nSPS) is 15.5. The Balaban J connectivity index is 4.09. The number of rotatable bonds is 3. The molecule has 0 aliphatic carbocycles. The average Bonchev–Trinajstić information content (AvgIpc) is 1.88. The summed E-state index contributed by atoms with van der Waals surface area (Å²) >= 11 is 5.19. The van der Waals surface area contributed by atoms with Crippen LogP contribution in [0, 0.1) is 0 Å². The lowest BCUT2D eigenvalue weighted by molar-refractivity contribution is -0.0426. The van der Waals surface area contributed by atoms with Gasteiger partial charge in [-0.25, -0.2) is 0 Å². The molecule has 0 saturated heterocycles. The second-order valence-electron chi connectivity index (χ2n) is 1.87. The Morgan fingerprint density at radius 1 is 1.27 bits per heavy atom. The van der Waals surface area contributed by atoms with Crippen molar-refractivity contribution in [2.45, 2.75) is 19.8 Å². The van der Waals surface area contributed by atoms with Gasteiger partial charge in [-0.15, -0.1) is 0 Å². The Labute approximate surface area is 70.1 Å². The third-order valence-electron chi connectivity index (χ3n) is 1.19. The van der Waals surface area contributed by atoms with Gasteiger partial charge in [-0.1, -0.05) is 25.1 Å². The predicted octanol–water partition coefficient (Wildman–Crippen LogP) is 3.40. The largest absolute Gasteiger partial charge is 0.433 e. The predicted molar refractivity (Wildman–Crippen MR) is 41.7 cm³/mol. The second-order valence-corrected chi connectivity index (χ2v) is 4.42. The van der Waals surface area contributed by atoms with Crippen LogP contribution in [0.3, 0.4) is 0 Å². The molecule has 0 aliphatic heterocycles. The van der Waals surface area contributed by atoms with Crippen LogP contribution in [0.1, 0.15) is 13.8 Å². The van der Waals surface area contributed by atoms with Gasteiger partial charge in [-0.2, -0.15) is 13.2 Å². The van der Waals surface area contributed by atoms with Crippen molar-refractivity contribution in [1.82, 2.24) is 4.67 Å². The van der Waals surface area contributed by atoms with E-state index in [1.807, 2.05) is 0 Å². The molecule has 0 rings (SSSR count). The van der Waals surface area contributed by atoms with E-state index in [0.717, 1.165) is 0 Å². The molecule has 1 nitrogen and oxygen atoms in total. The summed E-state index contributed by atoms with van der Waals surface area (Å²) < 4.78 is 37.0. The van der Waals surface area contributed by atoms with E-state index in [9.17, 15) is 13.2 Å². The van der Waals surface area contributed by atoms with E-state index in [1.54, 1.807) is 13.8 Å².